The van der Waals surface area contributed by atoms with Gasteiger partial charge in [0.1, 0.15) is 11.3 Å². The minimum atomic E-state index is 0.0471. The van der Waals surface area contributed by atoms with Crippen molar-refractivity contribution in [3.63, 3.8) is 0 Å². The molecule has 0 aliphatic carbocycles. The third-order valence-corrected chi connectivity index (χ3v) is 7.97. The Kier molecular flexibility index (Phi) is 7.02. The Morgan fingerprint density at radius 3 is 2.31 bits per heavy atom. The number of nitrogens with one attached hydrogen (secondary N) is 1. The number of nitrogens with zero attached hydrogens (tertiary/aromatic N) is 5. The van der Waals surface area contributed by atoms with Crippen LogP contribution < -0.4 is 4.90 Å². The number of carbonyl (C=O) groups excluding carboxylic acids is 1. The molecule has 1 saturated heterocycles. The van der Waals surface area contributed by atoms with Crippen LogP contribution in [0.3, 0.4) is 0 Å². The maximum absolute atomic E-state index is 12.9. The highest BCUT2D eigenvalue weighted by molar-refractivity contribution is 6.36. The molecule has 1 aliphatic heterocycles. The molecule has 39 heavy (non-hydrogen) atoms. The molecular formula is C30H28Cl2N6O. The van der Waals surface area contributed by atoms with E-state index < -0.39 is 0 Å². The van der Waals surface area contributed by atoms with Gasteiger partial charge in [-0.1, -0.05) is 59.1 Å². The number of aromatic nitrogens is 4. The summed E-state index contributed by atoms with van der Waals surface area (Å²) in [5.41, 5.74) is 7.02. The van der Waals surface area contributed by atoms with Crippen LogP contribution in [0.5, 0.6) is 0 Å². The number of amides is 1. The summed E-state index contributed by atoms with van der Waals surface area (Å²) in [6.45, 7) is 5.60. The monoisotopic (exact) mass is 558 g/mol. The molecule has 1 N–H and O–H groups in total. The highest BCUT2D eigenvalue weighted by Crippen LogP contribution is 2.27. The predicted octanol–water partition coefficient (Wildman–Crippen LogP) is 5.98. The lowest BCUT2D eigenvalue weighted by Gasteiger charge is -2.36. The molecule has 0 radical (unpaired) electrons. The molecule has 1 aliphatic rings. The minimum Gasteiger partial charge on any atom is -0.368 e. The Bertz CT molecular complexity index is 1600. The smallest absolute Gasteiger partial charge is 0.227 e. The summed E-state index contributed by atoms with van der Waals surface area (Å²) in [5, 5.41) is 5.57. The molecule has 6 rings (SSSR count). The number of H-pyrrole nitrogens is 1. The van der Waals surface area contributed by atoms with Crippen LogP contribution in [0, 0.1) is 6.92 Å². The molecule has 0 atom stereocenters. The number of rotatable bonds is 6. The van der Waals surface area contributed by atoms with Gasteiger partial charge in [0.2, 0.25) is 5.91 Å². The van der Waals surface area contributed by atoms with Crippen molar-refractivity contribution in [3.05, 3.63) is 99.7 Å². The number of anilines is 1. The zero-order valence-electron chi connectivity index (χ0n) is 21.6. The number of piperazine rings is 1. The molecule has 9 heteroatoms. The van der Waals surface area contributed by atoms with E-state index in [1.54, 1.807) is 18.2 Å². The zero-order valence-corrected chi connectivity index (χ0v) is 23.1. The van der Waals surface area contributed by atoms with Gasteiger partial charge in [-0.2, -0.15) is 5.10 Å². The van der Waals surface area contributed by atoms with E-state index in [1.807, 2.05) is 15.8 Å². The number of aryl methyl sites for hydroxylation is 1. The Morgan fingerprint density at radius 1 is 0.923 bits per heavy atom. The molecule has 3 aromatic carbocycles. The van der Waals surface area contributed by atoms with Crippen molar-refractivity contribution in [3.8, 4) is 11.4 Å². The van der Waals surface area contributed by atoms with Crippen LogP contribution in [-0.2, 0) is 17.8 Å². The SMILES string of the molecule is Cc1ccc(Cn2ncc3[nH]c(-c4ccc(N5CCN(C(=O)Cc6c(Cl)cccc6Cl)CC5)cc4)nc32)cc1. The Hall–Kier alpha value is -3.81. The molecule has 5 aromatic rings. The average Bonchev–Trinajstić information content (AvgIpc) is 3.54. The Labute approximate surface area is 237 Å². The highest BCUT2D eigenvalue weighted by atomic mass is 35.5. The van der Waals surface area contributed by atoms with E-state index >= 15 is 0 Å². The van der Waals surface area contributed by atoms with Crippen molar-refractivity contribution < 1.29 is 4.79 Å². The number of imidazole rings is 1. The van der Waals surface area contributed by atoms with Crippen LogP contribution >= 0.6 is 23.2 Å². The van der Waals surface area contributed by atoms with E-state index in [-0.39, 0.29) is 12.3 Å². The molecule has 0 unspecified atom stereocenters. The number of hydrogen-bond donors (Lipinski definition) is 1. The molecular weight excluding hydrogens is 531 g/mol. The van der Waals surface area contributed by atoms with Gasteiger partial charge in [-0.05, 0) is 54.4 Å². The van der Waals surface area contributed by atoms with Gasteiger partial charge in [0.15, 0.2) is 5.65 Å². The summed E-state index contributed by atoms with van der Waals surface area (Å²) in [7, 11) is 0. The third-order valence-electron chi connectivity index (χ3n) is 7.26. The molecule has 7 nitrogen and oxygen atoms in total. The molecule has 0 bridgehead atoms. The molecule has 2 aromatic heterocycles. The fraction of sp³-hybridized carbons (Fsp3) is 0.233. The molecule has 0 spiro atoms. The second-order valence-electron chi connectivity index (χ2n) is 9.90. The van der Waals surface area contributed by atoms with Gasteiger partial charge in [-0.3, -0.25) is 4.79 Å². The third kappa shape index (κ3) is 5.37. The van der Waals surface area contributed by atoms with Crippen molar-refractivity contribution >= 4 is 46.0 Å². The summed E-state index contributed by atoms with van der Waals surface area (Å²) in [5.74, 6) is 0.867. The number of fused-ring (bicyclic) bond motifs is 1. The second-order valence-corrected chi connectivity index (χ2v) is 10.7. The summed E-state index contributed by atoms with van der Waals surface area (Å²) < 4.78 is 1.93. The lowest BCUT2D eigenvalue weighted by molar-refractivity contribution is -0.130. The highest BCUT2D eigenvalue weighted by Gasteiger charge is 2.23. The first kappa shape index (κ1) is 25.5. The minimum absolute atomic E-state index is 0.0471. The maximum Gasteiger partial charge on any atom is 0.227 e. The quantitative estimate of drug-likeness (QED) is 0.278. The first-order chi connectivity index (χ1) is 18.9. The predicted molar refractivity (Wildman–Crippen MR) is 157 cm³/mol. The van der Waals surface area contributed by atoms with Gasteiger partial charge in [0.05, 0.1) is 19.2 Å². The van der Waals surface area contributed by atoms with Gasteiger partial charge >= 0.3 is 0 Å². The summed E-state index contributed by atoms with van der Waals surface area (Å²) in [4.78, 5) is 25.3. The lowest BCUT2D eigenvalue weighted by atomic mass is 10.1. The largest absolute Gasteiger partial charge is 0.368 e. The van der Waals surface area contributed by atoms with Crippen LogP contribution in [0.4, 0.5) is 5.69 Å². The van der Waals surface area contributed by atoms with Crippen molar-refractivity contribution in [1.82, 2.24) is 24.6 Å². The van der Waals surface area contributed by atoms with Crippen LogP contribution in [0.1, 0.15) is 16.7 Å². The van der Waals surface area contributed by atoms with Gasteiger partial charge in [-0.15, -0.1) is 0 Å². The van der Waals surface area contributed by atoms with Crippen molar-refractivity contribution in [2.45, 2.75) is 19.9 Å². The van der Waals surface area contributed by atoms with Crippen molar-refractivity contribution in [1.29, 1.82) is 0 Å². The summed E-state index contributed by atoms with van der Waals surface area (Å²) in [6, 6.07) is 22.2. The Morgan fingerprint density at radius 2 is 1.62 bits per heavy atom. The van der Waals surface area contributed by atoms with E-state index in [9.17, 15) is 4.79 Å². The van der Waals surface area contributed by atoms with E-state index in [2.05, 4.69) is 70.4 Å². The average molecular weight is 560 g/mol. The van der Waals surface area contributed by atoms with Gasteiger partial charge in [0.25, 0.3) is 0 Å². The fourth-order valence-electron chi connectivity index (χ4n) is 4.97. The number of hydrogen-bond acceptors (Lipinski definition) is 4. The molecule has 1 fully saturated rings. The fourth-order valence-corrected chi connectivity index (χ4v) is 5.50. The number of halogens is 2. The van der Waals surface area contributed by atoms with E-state index in [0.717, 1.165) is 41.3 Å². The van der Waals surface area contributed by atoms with Gasteiger partial charge in [-0.25, -0.2) is 9.67 Å². The van der Waals surface area contributed by atoms with Crippen molar-refractivity contribution in [2.75, 3.05) is 31.1 Å². The van der Waals surface area contributed by atoms with Gasteiger partial charge < -0.3 is 14.8 Å². The number of carbonyl (C=O) groups is 1. The van der Waals surface area contributed by atoms with Crippen LogP contribution in [0.2, 0.25) is 10.0 Å². The van der Waals surface area contributed by atoms with E-state index in [0.29, 0.717) is 35.2 Å². The van der Waals surface area contributed by atoms with E-state index in [1.165, 1.54) is 11.1 Å². The van der Waals surface area contributed by atoms with Crippen LogP contribution in [0.25, 0.3) is 22.6 Å². The first-order valence-corrected chi connectivity index (χ1v) is 13.7. The molecule has 0 saturated carbocycles. The van der Waals surface area contributed by atoms with Crippen molar-refractivity contribution in [2.24, 2.45) is 0 Å². The van der Waals surface area contributed by atoms with E-state index in [4.69, 9.17) is 28.2 Å². The Balaban J connectivity index is 1.09. The number of aromatic amines is 1. The normalized spacial score (nSPS) is 13.8. The number of benzene rings is 3. The van der Waals surface area contributed by atoms with Crippen LogP contribution in [-0.4, -0.2) is 56.7 Å². The summed E-state index contributed by atoms with van der Waals surface area (Å²) in [6.07, 6.45) is 2.04. The topological polar surface area (TPSA) is 70.1 Å². The lowest BCUT2D eigenvalue weighted by Crippen LogP contribution is -2.49. The standard InChI is InChI=1S/C30H28Cl2N6O/c1-20-5-7-21(8-6-20)19-38-30-27(18-33-38)34-29(35-30)22-9-11-23(12-10-22)36-13-15-37(16-14-36)28(39)17-24-25(31)3-2-4-26(24)32/h2-12,18H,13-17,19H2,1H3,(H,34,35). The molecule has 1 amide bonds. The second kappa shape index (κ2) is 10.8. The zero-order chi connectivity index (χ0) is 26.9. The van der Waals surface area contributed by atoms with Gasteiger partial charge in [0, 0.05) is 47.5 Å². The van der Waals surface area contributed by atoms with Crippen LogP contribution in [0.15, 0.2) is 72.9 Å². The molecule has 3 heterocycles. The summed E-state index contributed by atoms with van der Waals surface area (Å²) >= 11 is 12.5. The molecule has 198 valence electrons. The first-order valence-electron chi connectivity index (χ1n) is 13.0. The maximum atomic E-state index is 12.9.